The van der Waals surface area contributed by atoms with Crippen molar-refractivity contribution in [2.24, 2.45) is 10.9 Å². The van der Waals surface area contributed by atoms with Gasteiger partial charge >= 0.3 is 0 Å². The zero-order chi connectivity index (χ0) is 7.56. The van der Waals surface area contributed by atoms with Crippen LogP contribution in [0.2, 0.25) is 0 Å². The Bertz CT molecular complexity index is 176. The lowest BCUT2D eigenvalue weighted by molar-refractivity contribution is -0.120. The summed E-state index contributed by atoms with van der Waals surface area (Å²) >= 11 is 1.65. The average Bonchev–Trinajstić information content (AvgIpc) is 2.34. The number of carbonyl (C=O) groups is 1. The summed E-state index contributed by atoms with van der Waals surface area (Å²) < 4.78 is 0. The molecule has 0 amide bonds. The summed E-state index contributed by atoms with van der Waals surface area (Å²) in [5.41, 5.74) is 0. The van der Waals surface area contributed by atoms with Crippen molar-refractivity contribution in [1.29, 1.82) is 0 Å². The van der Waals surface area contributed by atoms with Gasteiger partial charge in [-0.2, -0.15) is 0 Å². The molecule has 1 heterocycles. The van der Waals surface area contributed by atoms with Gasteiger partial charge in [0, 0.05) is 18.9 Å². The Kier molecular flexibility index (Phi) is 2.49. The summed E-state index contributed by atoms with van der Waals surface area (Å²) in [4.78, 5) is 15.0. The summed E-state index contributed by atoms with van der Waals surface area (Å²) in [5, 5.41) is 1.13. The lowest BCUT2D eigenvalue weighted by Gasteiger charge is -2.00. The first-order valence-electron chi connectivity index (χ1n) is 3.32. The van der Waals surface area contributed by atoms with E-state index in [2.05, 4.69) is 4.99 Å². The number of hydrogen-bond donors (Lipinski definition) is 0. The van der Waals surface area contributed by atoms with Crippen LogP contribution in [0.15, 0.2) is 4.99 Å². The van der Waals surface area contributed by atoms with E-state index in [0.717, 1.165) is 11.5 Å². The molecular weight excluding hydrogens is 146 g/mol. The molecule has 0 N–H and O–H groups in total. The third-order valence-electron chi connectivity index (χ3n) is 1.72. The standard InChI is InChI=1S/C7H11NOS/c1-5(9)6-3-7(10-2)8-4-6/h6H,3-4H2,1-2H3. The Morgan fingerprint density at radius 1 is 1.80 bits per heavy atom. The van der Waals surface area contributed by atoms with E-state index >= 15 is 0 Å². The molecule has 3 heteroatoms. The van der Waals surface area contributed by atoms with Crippen LogP contribution in [0.4, 0.5) is 0 Å². The van der Waals surface area contributed by atoms with E-state index in [9.17, 15) is 4.79 Å². The van der Waals surface area contributed by atoms with Gasteiger partial charge in [-0.25, -0.2) is 0 Å². The minimum absolute atomic E-state index is 0.183. The van der Waals surface area contributed by atoms with Crippen molar-refractivity contribution in [3.8, 4) is 0 Å². The Balaban J connectivity index is 2.43. The summed E-state index contributed by atoms with van der Waals surface area (Å²) in [7, 11) is 0. The molecule has 10 heavy (non-hydrogen) atoms. The van der Waals surface area contributed by atoms with E-state index in [4.69, 9.17) is 0 Å². The Morgan fingerprint density at radius 3 is 2.80 bits per heavy atom. The highest BCUT2D eigenvalue weighted by Crippen LogP contribution is 2.19. The third kappa shape index (κ3) is 1.59. The molecule has 0 radical (unpaired) electrons. The molecule has 1 unspecified atom stereocenters. The van der Waals surface area contributed by atoms with Crippen LogP contribution in [0.3, 0.4) is 0 Å². The highest BCUT2D eigenvalue weighted by atomic mass is 32.2. The van der Waals surface area contributed by atoms with Crippen LogP contribution >= 0.6 is 11.8 Å². The van der Waals surface area contributed by atoms with Gasteiger partial charge in [-0.3, -0.25) is 9.79 Å². The van der Waals surface area contributed by atoms with Crippen molar-refractivity contribution in [2.45, 2.75) is 13.3 Å². The molecule has 1 aliphatic heterocycles. The molecule has 56 valence electrons. The van der Waals surface area contributed by atoms with Crippen molar-refractivity contribution in [1.82, 2.24) is 0 Å². The Labute approximate surface area is 65.1 Å². The predicted molar refractivity (Wildman–Crippen MR) is 44.6 cm³/mol. The van der Waals surface area contributed by atoms with Crippen LogP contribution in [0, 0.1) is 5.92 Å². The first-order valence-corrected chi connectivity index (χ1v) is 4.54. The van der Waals surface area contributed by atoms with Crippen LogP contribution in [0.25, 0.3) is 0 Å². The highest BCUT2D eigenvalue weighted by molar-refractivity contribution is 8.13. The number of hydrogen-bond acceptors (Lipinski definition) is 3. The molecule has 0 bridgehead atoms. The molecule has 0 fully saturated rings. The topological polar surface area (TPSA) is 29.4 Å². The number of rotatable bonds is 1. The first kappa shape index (κ1) is 7.79. The molecule has 0 aromatic rings. The van der Waals surface area contributed by atoms with E-state index in [0.29, 0.717) is 6.54 Å². The SMILES string of the molecule is CSC1=NCC(C(C)=O)C1. The summed E-state index contributed by atoms with van der Waals surface area (Å²) in [6.07, 6.45) is 2.87. The second-order valence-corrected chi connectivity index (χ2v) is 3.33. The van der Waals surface area contributed by atoms with Crippen molar-refractivity contribution in [3.63, 3.8) is 0 Å². The third-order valence-corrected chi connectivity index (χ3v) is 2.49. The Hall–Kier alpha value is -0.310. The number of ketones is 1. The molecule has 0 spiro atoms. The fourth-order valence-electron chi connectivity index (χ4n) is 0.972. The van der Waals surface area contributed by atoms with Gasteiger partial charge in [0.1, 0.15) is 5.78 Å². The van der Waals surface area contributed by atoms with Crippen LogP contribution in [0.1, 0.15) is 13.3 Å². The summed E-state index contributed by atoms with van der Waals surface area (Å²) in [5.74, 6) is 0.454. The van der Waals surface area contributed by atoms with Crippen LogP contribution < -0.4 is 0 Å². The average molecular weight is 157 g/mol. The van der Waals surface area contributed by atoms with Gasteiger partial charge in [0.15, 0.2) is 0 Å². The van der Waals surface area contributed by atoms with Gasteiger partial charge in [-0.05, 0) is 13.2 Å². The van der Waals surface area contributed by atoms with Crippen LogP contribution in [-0.2, 0) is 4.79 Å². The van der Waals surface area contributed by atoms with Crippen molar-refractivity contribution < 1.29 is 4.79 Å². The van der Waals surface area contributed by atoms with Gasteiger partial charge < -0.3 is 0 Å². The lowest BCUT2D eigenvalue weighted by atomic mass is 10.1. The van der Waals surface area contributed by atoms with E-state index in [1.165, 1.54) is 0 Å². The molecule has 1 aliphatic rings. The fraction of sp³-hybridized carbons (Fsp3) is 0.714. The molecule has 2 nitrogen and oxygen atoms in total. The molecule has 1 atom stereocenters. The normalized spacial score (nSPS) is 24.6. The fourth-order valence-corrected chi connectivity index (χ4v) is 1.54. The lowest BCUT2D eigenvalue weighted by Crippen LogP contribution is -2.10. The first-order chi connectivity index (χ1) is 4.74. The summed E-state index contributed by atoms with van der Waals surface area (Å²) in [6, 6.07) is 0. The van der Waals surface area contributed by atoms with E-state index in [1.807, 2.05) is 6.26 Å². The number of nitrogens with zero attached hydrogens (tertiary/aromatic N) is 1. The monoisotopic (exact) mass is 157 g/mol. The number of thioether (sulfide) groups is 1. The maximum Gasteiger partial charge on any atom is 0.135 e. The van der Waals surface area contributed by atoms with Crippen LogP contribution in [0.5, 0.6) is 0 Å². The second kappa shape index (κ2) is 3.19. The highest BCUT2D eigenvalue weighted by Gasteiger charge is 2.21. The maximum atomic E-state index is 10.8. The number of aliphatic imine (C=N–C) groups is 1. The zero-order valence-corrected chi connectivity index (χ0v) is 7.07. The molecule has 0 saturated carbocycles. The quantitative estimate of drug-likeness (QED) is 0.575. The van der Waals surface area contributed by atoms with Crippen molar-refractivity contribution in [3.05, 3.63) is 0 Å². The minimum Gasteiger partial charge on any atom is -0.300 e. The van der Waals surface area contributed by atoms with Gasteiger partial charge in [-0.15, -0.1) is 11.8 Å². The molecule has 0 aromatic carbocycles. The maximum absolute atomic E-state index is 10.8. The minimum atomic E-state index is 0.183. The zero-order valence-electron chi connectivity index (χ0n) is 6.26. The molecule has 0 aliphatic carbocycles. The van der Waals surface area contributed by atoms with E-state index in [1.54, 1.807) is 18.7 Å². The van der Waals surface area contributed by atoms with Crippen molar-refractivity contribution in [2.75, 3.05) is 12.8 Å². The molecule has 0 saturated heterocycles. The van der Waals surface area contributed by atoms with Crippen LogP contribution in [-0.4, -0.2) is 23.6 Å². The smallest absolute Gasteiger partial charge is 0.135 e. The number of Topliss-reactive ketones (excluding diaryl/α,β-unsaturated/α-hetero) is 1. The van der Waals surface area contributed by atoms with Crippen molar-refractivity contribution >= 4 is 22.6 Å². The van der Waals surface area contributed by atoms with Gasteiger partial charge in [0.25, 0.3) is 0 Å². The Morgan fingerprint density at radius 2 is 2.50 bits per heavy atom. The van der Waals surface area contributed by atoms with Gasteiger partial charge in [-0.1, -0.05) is 0 Å². The summed E-state index contributed by atoms with van der Waals surface area (Å²) in [6.45, 7) is 2.36. The largest absolute Gasteiger partial charge is 0.300 e. The molecule has 0 aromatic heterocycles. The van der Waals surface area contributed by atoms with Gasteiger partial charge in [0.05, 0.1) is 5.04 Å². The van der Waals surface area contributed by atoms with E-state index < -0.39 is 0 Å². The van der Waals surface area contributed by atoms with Gasteiger partial charge in [0.2, 0.25) is 0 Å². The van der Waals surface area contributed by atoms with E-state index in [-0.39, 0.29) is 11.7 Å². The molecular formula is C7H11NOS. The number of carbonyl (C=O) groups excluding carboxylic acids is 1. The second-order valence-electron chi connectivity index (χ2n) is 2.45. The molecule has 1 rings (SSSR count). The predicted octanol–water partition coefficient (Wildman–Crippen LogP) is 1.36.